The van der Waals surface area contributed by atoms with E-state index in [1.165, 1.54) is 19.1 Å². The quantitative estimate of drug-likeness (QED) is 0.541. The maximum Gasteiger partial charge on any atom is 0.417 e. The zero-order chi connectivity index (χ0) is 21.5. The molecule has 2 aliphatic rings. The molecule has 0 aliphatic carbocycles. The number of thiocarbonyl (C=S) groups is 1. The topological polar surface area (TPSA) is 67.7 Å². The van der Waals surface area contributed by atoms with Gasteiger partial charge in [0.25, 0.3) is 5.91 Å². The Morgan fingerprint density at radius 2 is 1.93 bits per heavy atom. The van der Waals surface area contributed by atoms with Crippen LogP contribution in [0.1, 0.15) is 30.9 Å². The van der Waals surface area contributed by atoms with E-state index in [1.54, 1.807) is 9.80 Å². The lowest BCUT2D eigenvalue weighted by atomic mass is 10.0. The Hall–Kier alpha value is -2.93. The number of alkyl halides is 3. The first-order chi connectivity index (χ1) is 13.6. The van der Waals surface area contributed by atoms with E-state index in [1.807, 2.05) is 0 Å². The van der Waals surface area contributed by atoms with Crippen molar-refractivity contribution in [1.29, 1.82) is 5.26 Å². The number of halogens is 3. The number of nitrogens with zero attached hydrogens (tertiary/aromatic N) is 4. The Balaban J connectivity index is 1.90. The lowest BCUT2D eigenvalue weighted by Crippen LogP contribution is -2.47. The van der Waals surface area contributed by atoms with Gasteiger partial charge in [-0.15, -0.1) is 0 Å². The second-order valence-electron chi connectivity index (χ2n) is 6.82. The van der Waals surface area contributed by atoms with Gasteiger partial charge in [-0.2, -0.15) is 18.4 Å². The normalized spacial score (nSPS) is 18.4. The molecule has 2 fully saturated rings. The van der Waals surface area contributed by atoms with Crippen LogP contribution in [-0.4, -0.2) is 45.9 Å². The third-order valence-electron chi connectivity index (χ3n) is 5.10. The molecular weight excluding hydrogens is 405 g/mol. The third kappa shape index (κ3) is 3.70. The zero-order valence-corrected chi connectivity index (χ0v) is 16.3. The molecule has 10 heteroatoms. The highest BCUT2D eigenvalue weighted by Gasteiger charge is 2.43. The molecule has 152 valence electrons. The predicted octanol–water partition coefficient (Wildman–Crippen LogP) is 3.04. The largest absolute Gasteiger partial charge is 0.417 e. The second kappa shape index (κ2) is 7.48. The fourth-order valence-corrected chi connectivity index (χ4v) is 4.04. The van der Waals surface area contributed by atoms with E-state index in [0.29, 0.717) is 25.9 Å². The van der Waals surface area contributed by atoms with Crippen LogP contribution in [0.4, 0.5) is 18.9 Å². The number of benzene rings is 1. The minimum Gasteiger partial charge on any atom is -0.343 e. The van der Waals surface area contributed by atoms with Crippen LogP contribution in [0.2, 0.25) is 0 Å². The van der Waals surface area contributed by atoms with Crippen LogP contribution < -0.4 is 4.90 Å². The number of anilines is 1. The summed E-state index contributed by atoms with van der Waals surface area (Å²) in [5, 5.41) is 8.99. The minimum atomic E-state index is -4.75. The van der Waals surface area contributed by atoms with E-state index in [-0.39, 0.29) is 28.4 Å². The first-order valence-electron chi connectivity index (χ1n) is 8.79. The Kier molecular flexibility index (Phi) is 5.36. The third-order valence-corrected chi connectivity index (χ3v) is 5.48. The highest BCUT2D eigenvalue weighted by molar-refractivity contribution is 7.80. The molecule has 0 radical (unpaired) electrons. The van der Waals surface area contributed by atoms with E-state index < -0.39 is 23.2 Å². The van der Waals surface area contributed by atoms with Crippen molar-refractivity contribution in [3.63, 3.8) is 0 Å². The lowest BCUT2D eigenvalue weighted by molar-refractivity contribution is -0.137. The highest BCUT2D eigenvalue weighted by Crippen LogP contribution is 2.37. The van der Waals surface area contributed by atoms with Crippen molar-refractivity contribution in [2.45, 2.75) is 32.0 Å². The molecule has 2 saturated heterocycles. The lowest BCUT2D eigenvalue weighted by Gasteiger charge is -2.36. The van der Waals surface area contributed by atoms with Crippen LogP contribution in [0.5, 0.6) is 0 Å². The number of carbonyl (C=O) groups is 2. The molecule has 0 aromatic heterocycles. The Morgan fingerprint density at radius 1 is 1.31 bits per heavy atom. The van der Waals surface area contributed by atoms with E-state index in [0.717, 1.165) is 17.0 Å². The van der Waals surface area contributed by atoms with Crippen molar-refractivity contribution in [3.05, 3.63) is 41.6 Å². The summed E-state index contributed by atoms with van der Waals surface area (Å²) in [4.78, 5) is 28.5. The number of nitriles is 1. The highest BCUT2D eigenvalue weighted by atomic mass is 32.1. The SMILES string of the molecule is C=C1C(=O)N(c2ccc(C#N)c(C(F)(F)F)c2)C(=S)N1C1CCN(C(C)=O)CC1. The second-order valence-corrected chi connectivity index (χ2v) is 7.18. The maximum atomic E-state index is 13.3. The molecule has 0 bridgehead atoms. The van der Waals surface area contributed by atoms with Gasteiger partial charge in [0.15, 0.2) is 5.11 Å². The van der Waals surface area contributed by atoms with Crippen molar-refractivity contribution in [1.82, 2.24) is 9.80 Å². The molecule has 0 saturated carbocycles. The number of likely N-dealkylation sites (tertiary alicyclic amines) is 1. The van der Waals surface area contributed by atoms with Crippen molar-refractivity contribution >= 4 is 34.8 Å². The van der Waals surface area contributed by atoms with Crippen molar-refractivity contribution in [3.8, 4) is 6.07 Å². The van der Waals surface area contributed by atoms with Gasteiger partial charge >= 0.3 is 6.18 Å². The first kappa shape index (κ1) is 20.8. The van der Waals surface area contributed by atoms with E-state index in [4.69, 9.17) is 17.5 Å². The molecule has 1 aromatic rings. The van der Waals surface area contributed by atoms with Crippen LogP contribution >= 0.6 is 12.2 Å². The van der Waals surface area contributed by atoms with Crippen LogP contribution in [0.25, 0.3) is 0 Å². The van der Waals surface area contributed by atoms with Crippen molar-refractivity contribution in [2.24, 2.45) is 0 Å². The van der Waals surface area contributed by atoms with E-state index >= 15 is 0 Å². The molecule has 0 atom stereocenters. The summed E-state index contributed by atoms with van der Waals surface area (Å²) in [5.74, 6) is -0.650. The maximum absolute atomic E-state index is 13.3. The number of piperidine rings is 1. The molecule has 2 aliphatic heterocycles. The van der Waals surface area contributed by atoms with Gasteiger partial charge in [0.2, 0.25) is 5.91 Å². The fraction of sp³-hybridized carbons (Fsp3) is 0.368. The fourth-order valence-electron chi connectivity index (χ4n) is 3.59. The van der Waals surface area contributed by atoms with Crippen LogP contribution in [-0.2, 0) is 15.8 Å². The molecule has 2 amide bonds. The van der Waals surface area contributed by atoms with E-state index in [9.17, 15) is 22.8 Å². The van der Waals surface area contributed by atoms with E-state index in [2.05, 4.69) is 6.58 Å². The van der Waals surface area contributed by atoms with Crippen molar-refractivity contribution < 1.29 is 22.8 Å². The number of hydrogen-bond donors (Lipinski definition) is 0. The molecule has 0 N–H and O–H groups in total. The summed E-state index contributed by atoms with van der Waals surface area (Å²) in [6.07, 6.45) is -3.64. The number of amides is 2. The van der Waals surface area contributed by atoms with Crippen molar-refractivity contribution in [2.75, 3.05) is 18.0 Å². The van der Waals surface area contributed by atoms with Crippen LogP contribution in [0.15, 0.2) is 30.5 Å². The zero-order valence-electron chi connectivity index (χ0n) is 15.5. The minimum absolute atomic E-state index is 0.0405. The first-order valence-corrected chi connectivity index (χ1v) is 9.20. The van der Waals surface area contributed by atoms with Gasteiger partial charge in [0.05, 0.1) is 22.9 Å². The molecule has 1 aromatic carbocycles. The molecule has 0 spiro atoms. The summed E-state index contributed by atoms with van der Waals surface area (Å²) in [6.45, 7) is 6.24. The molecule has 3 rings (SSSR count). The monoisotopic (exact) mass is 422 g/mol. The van der Waals surface area contributed by atoms with Crippen LogP contribution in [0.3, 0.4) is 0 Å². The van der Waals surface area contributed by atoms with Crippen LogP contribution in [0, 0.1) is 11.3 Å². The molecule has 29 heavy (non-hydrogen) atoms. The van der Waals surface area contributed by atoms with Gasteiger partial charge < -0.3 is 9.80 Å². The Labute approximate surface area is 170 Å². The average Bonchev–Trinajstić information content (AvgIpc) is 2.89. The summed E-state index contributed by atoms with van der Waals surface area (Å²) in [7, 11) is 0. The smallest absolute Gasteiger partial charge is 0.343 e. The molecular formula is C19H17F3N4O2S. The molecule has 6 nitrogen and oxygen atoms in total. The summed E-state index contributed by atoms with van der Waals surface area (Å²) < 4.78 is 39.9. The van der Waals surface area contributed by atoms with Gasteiger partial charge in [-0.3, -0.25) is 14.5 Å². The number of carbonyl (C=O) groups excluding carboxylic acids is 2. The Morgan fingerprint density at radius 3 is 2.45 bits per heavy atom. The van der Waals surface area contributed by atoms with Gasteiger partial charge in [0, 0.05) is 26.1 Å². The molecule has 2 heterocycles. The summed E-state index contributed by atoms with van der Waals surface area (Å²) in [5.41, 5.74) is -1.66. The number of hydrogen-bond acceptors (Lipinski definition) is 4. The van der Waals surface area contributed by atoms with Gasteiger partial charge in [-0.05, 0) is 43.3 Å². The van der Waals surface area contributed by atoms with Gasteiger partial charge in [0.1, 0.15) is 5.70 Å². The Bertz CT molecular complexity index is 946. The standard InChI is InChI=1S/C19H17F3N4O2S/c1-11-17(28)26(15-4-3-13(10-23)16(9-15)19(20,21)22)18(29)25(11)14-5-7-24(8-6-14)12(2)27/h3-4,9,14H,1,5-8H2,2H3. The molecule has 0 unspecified atom stereocenters. The number of rotatable bonds is 2. The average molecular weight is 422 g/mol. The van der Waals surface area contributed by atoms with Gasteiger partial charge in [-0.1, -0.05) is 6.58 Å². The van der Waals surface area contributed by atoms with Gasteiger partial charge in [-0.25, -0.2) is 0 Å². The summed E-state index contributed by atoms with van der Waals surface area (Å²) in [6, 6.07) is 4.35. The summed E-state index contributed by atoms with van der Waals surface area (Å²) >= 11 is 5.40. The predicted molar refractivity (Wildman–Crippen MR) is 102 cm³/mol.